The molecule has 4 nitrogen and oxygen atoms in total. The van der Waals surface area contributed by atoms with Crippen molar-refractivity contribution in [3.8, 4) is 0 Å². The number of aromatic nitrogens is 2. The van der Waals surface area contributed by atoms with Gasteiger partial charge in [0.05, 0.1) is 0 Å². The van der Waals surface area contributed by atoms with E-state index in [0.717, 1.165) is 36.4 Å². The van der Waals surface area contributed by atoms with E-state index in [-0.39, 0.29) is 0 Å². The summed E-state index contributed by atoms with van der Waals surface area (Å²) in [7, 11) is 0. The fraction of sp³-hybridized carbons (Fsp3) is 0.818. The highest BCUT2D eigenvalue weighted by Gasteiger charge is 2.41. The third-order valence-corrected chi connectivity index (χ3v) is 7.09. The minimum absolute atomic E-state index is 0.314. The summed E-state index contributed by atoms with van der Waals surface area (Å²) in [5, 5.41) is 0. The first kappa shape index (κ1) is 19.6. The summed E-state index contributed by atoms with van der Waals surface area (Å²) >= 11 is 0. The molecule has 0 unspecified atom stereocenters. The van der Waals surface area contributed by atoms with Gasteiger partial charge in [0.1, 0.15) is 0 Å². The van der Waals surface area contributed by atoms with Crippen molar-refractivity contribution in [1.29, 1.82) is 0 Å². The van der Waals surface area contributed by atoms with Gasteiger partial charge in [-0.1, -0.05) is 13.8 Å². The quantitative estimate of drug-likeness (QED) is 0.794. The summed E-state index contributed by atoms with van der Waals surface area (Å²) in [5.41, 5.74) is 1.88. The van der Waals surface area contributed by atoms with E-state index in [0.29, 0.717) is 11.0 Å². The SMILES string of the molecule is Cc1cnc(N2CCC(C(C)(C)C3CCN(C(C)(C)C)CC3)CC2)nc1. The summed E-state index contributed by atoms with van der Waals surface area (Å²) in [6.45, 7) is 18.9. The van der Waals surface area contributed by atoms with Gasteiger partial charge in [0.15, 0.2) is 0 Å². The molecule has 0 saturated carbocycles. The van der Waals surface area contributed by atoms with Crippen molar-refractivity contribution < 1.29 is 0 Å². The van der Waals surface area contributed by atoms with E-state index in [4.69, 9.17) is 0 Å². The molecule has 3 heterocycles. The number of piperidine rings is 2. The highest BCUT2D eigenvalue weighted by molar-refractivity contribution is 5.30. The number of hydrogen-bond acceptors (Lipinski definition) is 4. The maximum absolute atomic E-state index is 4.52. The Bertz CT molecular complexity index is 571. The van der Waals surface area contributed by atoms with Crippen LogP contribution in [0, 0.1) is 24.2 Å². The largest absolute Gasteiger partial charge is 0.341 e. The van der Waals surface area contributed by atoms with Gasteiger partial charge in [0.25, 0.3) is 0 Å². The highest BCUT2D eigenvalue weighted by Crippen LogP contribution is 2.45. The van der Waals surface area contributed by atoms with Crippen LogP contribution in [-0.4, -0.2) is 46.6 Å². The molecular weight excluding hydrogens is 320 g/mol. The average Bonchev–Trinajstić information content (AvgIpc) is 2.62. The van der Waals surface area contributed by atoms with Crippen LogP contribution in [0.4, 0.5) is 5.95 Å². The zero-order valence-corrected chi connectivity index (χ0v) is 17.8. The van der Waals surface area contributed by atoms with E-state index >= 15 is 0 Å². The van der Waals surface area contributed by atoms with Crippen molar-refractivity contribution >= 4 is 5.95 Å². The molecule has 2 saturated heterocycles. The predicted molar refractivity (Wildman–Crippen MR) is 110 cm³/mol. The number of hydrogen-bond donors (Lipinski definition) is 0. The molecule has 2 fully saturated rings. The molecule has 1 aromatic rings. The lowest BCUT2D eigenvalue weighted by Crippen LogP contribution is -2.50. The summed E-state index contributed by atoms with van der Waals surface area (Å²) in [5.74, 6) is 2.58. The van der Waals surface area contributed by atoms with Crippen LogP contribution >= 0.6 is 0 Å². The number of aryl methyl sites for hydroxylation is 1. The molecule has 0 aromatic carbocycles. The lowest BCUT2D eigenvalue weighted by molar-refractivity contribution is 0.0137. The van der Waals surface area contributed by atoms with Gasteiger partial charge in [-0.15, -0.1) is 0 Å². The summed E-state index contributed by atoms with van der Waals surface area (Å²) in [4.78, 5) is 14.1. The molecule has 0 spiro atoms. The Kier molecular flexibility index (Phi) is 5.62. The second-order valence-corrected chi connectivity index (χ2v) is 10.1. The van der Waals surface area contributed by atoms with E-state index in [2.05, 4.69) is 54.4 Å². The fourth-order valence-electron chi connectivity index (χ4n) is 5.00. The Morgan fingerprint density at radius 2 is 1.27 bits per heavy atom. The Labute approximate surface area is 160 Å². The summed E-state index contributed by atoms with van der Waals surface area (Å²) in [6.07, 6.45) is 9.10. The molecule has 0 bridgehead atoms. The van der Waals surface area contributed by atoms with Gasteiger partial charge >= 0.3 is 0 Å². The molecule has 0 aliphatic carbocycles. The van der Waals surface area contributed by atoms with Gasteiger partial charge in [-0.25, -0.2) is 9.97 Å². The molecule has 26 heavy (non-hydrogen) atoms. The second-order valence-electron chi connectivity index (χ2n) is 10.1. The Balaban J connectivity index is 1.55. The van der Waals surface area contributed by atoms with Gasteiger partial charge in [0, 0.05) is 31.0 Å². The molecule has 0 amide bonds. The van der Waals surface area contributed by atoms with Gasteiger partial charge in [-0.05, 0) is 89.3 Å². The highest BCUT2D eigenvalue weighted by atomic mass is 15.2. The first-order valence-electron chi connectivity index (χ1n) is 10.5. The fourth-order valence-corrected chi connectivity index (χ4v) is 5.00. The zero-order chi connectivity index (χ0) is 18.9. The van der Waals surface area contributed by atoms with Gasteiger partial charge in [0.2, 0.25) is 5.95 Å². The maximum atomic E-state index is 4.52. The van der Waals surface area contributed by atoms with Crippen LogP contribution in [0.25, 0.3) is 0 Å². The van der Waals surface area contributed by atoms with E-state index in [1.807, 2.05) is 19.3 Å². The first-order chi connectivity index (χ1) is 12.2. The van der Waals surface area contributed by atoms with Crippen molar-refractivity contribution in [2.45, 2.75) is 72.8 Å². The van der Waals surface area contributed by atoms with E-state index in [1.165, 1.54) is 38.8 Å². The van der Waals surface area contributed by atoms with E-state index in [1.54, 1.807) is 0 Å². The first-order valence-corrected chi connectivity index (χ1v) is 10.5. The van der Waals surface area contributed by atoms with E-state index in [9.17, 15) is 0 Å². The van der Waals surface area contributed by atoms with Crippen LogP contribution in [0.5, 0.6) is 0 Å². The molecule has 1 aromatic heterocycles. The minimum Gasteiger partial charge on any atom is -0.341 e. The third-order valence-electron chi connectivity index (χ3n) is 7.09. The monoisotopic (exact) mass is 358 g/mol. The normalized spacial score (nSPS) is 22.0. The topological polar surface area (TPSA) is 32.3 Å². The molecule has 3 rings (SSSR count). The maximum Gasteiger partial charge on any atom is 0.225 e. The van der Waals surface area contributed by atoms with Crippen LogP contribution < -0.4 is 4.90 Å². The number of rotatable bonds is 3. The lowest BCUT2D eigenvalue weighted by Gasteiger charge is -2.49. The number of likely N-dealkylation sites (tertiary alicyclic amines) is 1. The predicted octanol–water partition coefficient (Wildman–Crippen LogP) is 4.54. The smallest absolute Gasteiger partial charge is 0.225 e. The Morgan fingerprint density at radius 1 is 0.808 bits per heavy atom. The standard InChI is InChI=1S/C22H38N4/c1-17-15-23-20(24-16-17)25-11-7-18(8-12-25)22(5,6)19-9-13-26(14-10-19)21(2,3)4/h15-16,18-19H,7-14H2,1-6H3. The van der Waals surface area contributed by atoms with Crippen LogP contribution in [0.3, 0.4) is 0 Å². The van der Waals surface area contributed by atoms with Crippen molar-refractivity contribution in [3.63, 3.8) is 0 Å². The molecule has 2 aliphatic rings. The van der Waals surface area contributed by atoms with Gasteiger partial charge < -0.3 is 4.90 Å². The average molecular weight is 359 g/mol. The molecule has 146 valence electrons. The van der Waals surface area contributed by atoms with Gasteiger partial charge in [-0.3, -0.25) is 4.90 Å². The Morgan fingerprint density at radius 3 is 1.73 bits per heavy atom. The summed E-state index contributed by atoms with van der Waals surface area (Å²) < 4.78 is 0. The molecule has 2 aliphatic heterocycles. The van der Waals surface area contributed by atoms with Crippen molar-refractivity contribution in [2.24, 2.45) is 17.3 Å². The van der Waals surface area contributed by atoms with Crippen LogP contribution in [-0.2, 0) is 0 Å². The van der Waals surface area contributed by atoms with Crippen LogP contribution in [0.2, 0.25) is 0 Å². The second kappa shape index (κ2) is 7.46. The van der Waals surface area contributed by atoms with Crippen LogP contribution in [0.1, 0.15) is 65.9 Å². The molecule has 0 N–H and O–H groups in total. The summed E-state index contributed by atoms with van der Waals surface area (Å²) in [6, 6.07) is 0. The molecule has 0 atom stereocenters. The molecule has 0 radical (unpaired) electrons. The molecule has 4 heteroatoms. The third kappa shape index (κ3) is 4.21. The lowest BCUT2D eigenvalue weighted by atomic mass is 9.63. The van der Waals surface area contributed by atoms with Crippen molar-refractivity contribution in [3.05, 3.63) is 18.0 Å². The molecular formula is C22H38N4. The van der Waals surface area contributed by atoms with Crippen molar-refractivity contribution in [1.82, 2.24) is 14.9 Å². The van der Waals surface area contributed by atoms with Crippen LogP contribution in [0.15, 0.2) is 12.4 Å². The minimum atomic E-state index is 0.314. The van der Waals surface area contributed by atoms with Crippen molar-refractivity contribution in [2.75, 3.05) is 31.1 Å². The number of nitrogens with zero attached hydrogens (tertiary/aromatic N) is 4. The number of anilines is 1. The van der Waals surface area contributed by atoms with Gasteiger partial charge in [-0.2, -0.15) is 0 Å². The zero-order valence-electron chi connectivity index (χ0n) is 17.8. The Hall–Kier alpha value is -1.16. The van der Waals surface area contributed by atoms with E-state index < -0.39 is 0 Å².